The van der Waals surface area contributed by atoms with Crippen LogP contribution >= 0.6 is 0 Å². The number of carbonyl (C=O) groups excluding carboxylic acids is 1. The number of carbonyl (C=O) groups is 2. The summed E-state index contributed by atoms with van der Waals surface area (Å²) in [4.78, 5) is 25.6. The molecule has 4 unspecified atom stereocenters. The van der Waals surface area contributed by atoms with Crippen molar-refractivity contribution in [3.8, 4) is 0 Å². The Morgan fingerprint density at radius 3 is 2.61 bits per heavy atom. The molecule has 0 aliphatic carbocycles. The molecule has 0 aromatic rings. The van der Waals surface area contributed by atoms with E-state index in [-0.39, 0.29) is 30.0 Å². The van der Waals surface area contributed by atoms with E-state index in [4.69, 9.17) is 0 Å². The minimum absolute atomic E-state index is 0.0521. The predicted molar refractivity (Wildman–Crippen MR) is 65.0 cm³/mol. The van der Waals surface area contributed by atoms with Crippen LogP contribution in [0.3, 0.4) is 0 Å². The molecule has 3 aliphatic heterocycles. The number of nitrogens with zero attached hydrogens (tertiary/aromatic N) is 1. The van der Waals surface area contributed by atoms with Gasteiger partial charge in [-0.3, -0.25) is 9.59 Å². The average molecular weight is 252 g/mol. The molecule has 100 valence electrons. The number of nitrogens with one attached hydrogen (secondary N) is 1. The number of rotatable bonds is 2. The summed E-state index contributed by atoms with van der Waals surface area (Å²) >= 11 is 0. The fourth-order valence-electron chi connectivity index (χ4n) is 3.84. The second-order valence-corrected chi connectivity index (χ2v) is 5.73. The summed E-state index contributed by atoms with van der Waals surface area (Å²) in [5.74, 6) is -0.932. The standard InChI is InChI=1S/C13H20N2O3/c16-12(10-3-1-2-6-14-10)15-8-4-5-11(15)9(7-8)13(17)18/h8-11,14H,1-7H2,(H,17,18). The number of carboxylic acids is 1. The Labute approximate surface area is 107 Å². The van der Waals surface area contributed by atoms with Gasteiger partial charge in [0.25, 0.3) is 0 Å². The first-order valence-corrected chi connectivity index (χ1v) is 6.97. The Morgan fingerprint density at radius 2 is 2.00 bits per heavy atom. The van der Waals surface area contributed by atoms with Crippen molar-refractivity contribution in [2.75, 3.05) is 6.54 Å². The Bertz CT molecular complexity index is 365. The van der Waals surface area contributed by atoms with E-state index in [9.17, 15) is 14.7 Å². The molecule has 0 aromatic carbocycles. The second kappa shape index (κ2) is 4.53. The molecule has 3 heterocycles. The van der Waals surface area contributed by atoms with Crippen LogP contribution in [0.2, 0.25) is 0 Å². The number of aliphatic carboxylic acids is 1. The van der Waals surface area contributed by atoms with E-state index in [1.54, 1.807) is 0 Å². The van der Waals surface area contributed by atoms with Gasteiger partial charge in [-0.15, -0.1) is 0 Å². The molecule has 3 aliphatic rings. The molecule has 3 saturated heterocycles. The normalized spacial score (nSPS) is 39.0. The van der Waals surface area contributed by atoms with Crippen LogP contribution in [0.5, 0.6) is 0 Å². The maximum Gasteiger partial charge on any atom is 0.308 e. The van der Waals surface area contributed by atoms with E-state index in [0.717, 1.165) is 38.6 Å². The number of hydrogen-bond donors (Lipinski definition) is 2. The fourth-order valence-corrected chi connectivity index (χ4v) is 3.84. The van der Waals surface area contributed by atoms with Gasteiger partial charge in [-0.2, -0.15) is 0 Å². The first-order chi connectivity index (χ1) is 8.68. The molecule has 0 radical (unpaired) electrons. The Kier molecular flexibility index (Phi) is 3.01. The van der Waals surface area contributed by atoms with Gasteiger partial charge in [0.1, 0.15) is 0 Å². The van der Waals surface area contributed by atoms with E-state index in [1.165, 1.54) is 0 Å². The van der Waals surface area contributed by atoms with Gasteiger partial charge in [0.2, 0.25) is 5.91 Å². The summed E-state index contributed by atoms with van der Waals surface area (Å²) in [6.45, 7) is 0.905. The van der Waals surface area contributed by atoms with Crippen LogP contribution in [-0.4, -0.2) is 46.6 Å². The lowest BCUT2D eigenvalue weighted by Gasteiger charge is -2.30. The summed E-state index contributed by atoms with van der Waals surface area (Å²) in [6.07, 6.45) is 5.61. The maximum atomic E-state index is 12.5. The zero-order chi connectivity index (χ0) is 12.7. The second-order valence-electron chi connectivity index (χ2n) is 5.73. The largest absolute Gasteiger partial charge is 0.481 e. The Hall–Kier alpha value is -1.10. The topological polar surface area (TPSA) is 69.6 Å². The lowest BCUT2D eigenvalue weighted by Crippen LogP contribution is -2.50. The van der Waals surface area contributed by atoms with Gasteiger partial charge >= 0.3 is 5.97 Å². The van der Waals surface area contributed by atoms with Gasteiger partial charge in [-0.25, -0.2) is 0 Å². The van der Waals surface area contributed by atoms with Crippen LogP contribution in [0.4, 0.5) is 0 Å². The van der Waals surface area contributed by atoms with Crippen molar-refractivity contribution >= 4 is 11.9 Å². The van der Waals surface area contributed by atoms with Gasteiger partial charge in [-0.1, -0.05) is 6.42 Å². The number of amides is 1. The van der Waals surface area contributed by atoms with Gasteiger partial charge < -0.3 is 15.3 Å². The highest BCUT2D eigenvalue weighted by Crippen LogP contribution is 2.42. The molecule has 5 heteroatoms. The first kappa shape index (κ1) is 12.0. The molecule has 1 amide bonds. The smallest absolute Gasteiger partial charge is 0.308 e. The summed E-state index contributed by atoms with van der Waals surface area (Å²) in [5.41, 5.74) is 0. The van der Waals surface area contributed by atoms with Crippen LogP contribution in [0, 0.1) is 5.92 Å². The highest BCUT2D eigenvalue weighted by Gasteiger charge is 2.52. The third kappa shape index (κ3) is 1.81. The van der Waals surface area contributed by atoms with Gasteiger partial charge in [0.15, 0.2) is 0 Å². The van der Waals surface area contributed by atoms with E-state index < -0.39 is 5.97 Å². The quantitative estimate of drug-likeness (QED) is 0.755. The van der Waals surface area contributed by atoms with Gasteiger partial charge in [-0.05, 0) is 38.6 Å². The van der Waals surface area contributed by atoms with Crippen molar-refractivity contribution in [2.45, 2.75) is 56.7 Å². The molecule has 0 spiro atoms. The van der Waals surface area contributed by atoms with E-state index in [0.29, 0.717) is 6.42 Å². The SMILES string of the molecule is O=C(O)C1CC2CCC1N2C(=O)C1CCCCN1. The van der Waals surface area contributed by atoms with Gasteiger partial charge in [0, 0.05) is 12.1 Å². The van der Waals surface area contributed by atoms with Crippen molar-refractivity contribution in [2.24, 2.45) is 5.92 Å². The molecule has 2 bridgehead atoms. The lowest BCUT2D eigenvalue weighted by atomic mass is 9.89. The maximum absolute atomic E-state index is 12.5. The van der Waals surface area contributed by atoms with Crippen LogP contribution in [0.1, 0.15) is 38.5 Å². The average Bonchev–Trinajstić information content (AvgIpc) is 2.96. The summed E-state index contributed by atoms with van der Waals surface area (Å²) < 4.78 is 0. The molecule has 0 saturated carbocycles. The predicted octanol–water partition coefficient (Wildman–Crippen LogP) is 0.593. The monoisotopic (exact) mass is 252 g/mol. The zero-order valence-corrected chi connectivity index (χ0v) is 10.5. The number of fused-ring (bicyclic) bond motifs is 2. The Balaban J connectivity index is 1.72. The van der Waals surface area contributed by atoms with Crippen LogP contribution in [0.25, 0.3) is 0 Å². The van der Waals surface area contributed by atoms with E-state index in [2.05, 4.69) is 5.32 Å². The van der Waals surface area contributed by atoms with Crippen LogP contribution < -0.4 is 5.32 Å². The highest BCUT2D eigenvalue weighted by atomic mass is 16.4. The molecule has 5 nitrogen and oxygen atoms in total. The van der Waals surface area contributed by atoms with Crippen LogP contribution in [0.15, 0.2) is 0 Å². The third-order valence-electron chi connectivity index (χ3n) is 4.72. The van der Waals surface area contributed by atoms with Crippen molar-refractivity contribution in [1.82, 2.24) is 10.2 Å². The summed E-state index contributed by atoms with van der Waals surface area (Å²) in [5, 5.41) is 12.5. The van der Waals surface area contributed by atoms with E-state index in [1.807, 2.05) is 4.90 Å². The summed E-state index contributed by atoms with van der Waals surface area (Å²) in [7, 11) is 0. The number of hydrogen-bond acceptors (Lipinski definition) is 3. The van der Waals surface area contributed by atoms with Gasteiger partial charge in [0.05, 0.1) is 12.0 Å². The molecular formula is C13H20N2O3. The highest BCUT2D eigenvalue weighted by molar-refractivity contribution is 5.85. The lowest BCUT2D eigenvalue weighted by molar-refractivity contribution is -0.143. The molecule has 2 N–H and O–H groups in total. The third-order valence-corrected chi connectivity index (χ3v) is 4.72. The van der Waals surface area contributed by atoms with Crippen molar-refractivity contribution in [1.29, 1.82) is 0 Å². The molecule has 3 fully saturated rings. The van der Waals surface area contributed by atoms with Crippen LogP contribution in [-0.2, 0) is 9.59 Å². The zero-order valence-electron chi connectivity index (χ0n) is 10.5. The van der Waals surface area contributed by atoms with Crippen molar-refractivity contribution < 1.29 is 14.7 Å². The van der Waals surface area contributed by atoms with Crippen molar-refractivity contribution in [3.63, 3.8) is 0 Å². The molecule has 4 atom stereocenters. The number of carboxylic acid groups (broad SMARTS) is 1. The minimum Gasteiger partial charge on any atom is -0.481 e. The molecule has 0 aromatic heterocycles. The Morgan fingerprint density at radius 1 is 1.17 bits per heavy atom. The minimum atomic E-state index is -0.739. The van der Waals surface area contributed by atoms with E-state index >= 15 is 0 Å². The number of piperidine rings is 1. The van der Waals surface area contributed by atoms with Crippen molar-refractivity contribution in [3.05, 3.63) is 0 Å². The summed E-state index contributed by atoms with van der Waals surface area (Å²) in [6, 6.07) is 0.0467. The molecular weight excluding hydrogens is 232 g/mol. The first-order valence-electron chi connectivity index (χ1n) is 6.97. The fraction of sp³-hybridized carbons (Fsp3) is 0.846. The molecule has 18 heavy (non-hydrogen) atoms. The molecule has 3 rings (SSSR count).